The Morgan fingerprint density at radius 2 is 2.09 bits per heavy atom. The highest BCUT2D eigenvalue weighted by atomic mass is 35.5. The second-order valence-corrected chi connectivity index (χ2v) is 7.16. The van der Waals surface area contributed by atoms with Crippen molar-refractivity contribution in [3.8, 4) is 0 Å². The van der Waals surface area contributed by atoms with Gasteiger partial charge >= 0.3 is 5.97 Å². The maximum atomic E-state index is 12.7. The van der Waals surface area contributed by atoms with E-state index in [-0.39, 0.29) is 33.9 Å². The molecular weight excluding hydrogens is 351 g/mol. The van der Waals surface area contributed by atoms with Crippen LogP contribution in [-0.4, -0.2) is 51.5 Å². The highest BCUT2D eigenvalue weighted by Crippen LogP contribution is 2.24. The number of ether oxygens (including phenoxy) is 1. The smallest absolute Gasteiger partial charge is 0.337 e. The number of piperazine rings is 1. The average molecular weight is 369 g/mol. The van der Waals surface area contributed by atoms with Crippen LogP contribution in [0.1, 0.15) is 17.3 Å². The van der Waals surface area contributed by atoms with E-state index < -0.39 is 16.0 Å². The number of rotatable bonds is 3. The first kappa shape index (κ1) is 19.2. The van der Waals surface area contributed by atoms with Gasteiger partial charge in [-0.25, -0.2) is 13.2 Å². The summed E-state index contributed by atoms with van der Waals surface area (Å²) in [6.45, 7) is 3.39. The quantitative estimate of drug-likeness (QED) is 0.818. The molecule has 1 aromatic carbocycles. The van der Waals surface area contributed by atoms with Gasteiger partial charge in [-0.3, -0.25) is 0 Å². The lowest BCUT2D eigenvalue weighted by molar-refractivity contribution is 0.0600. The van der Waals surface area contributed by atoms with Crippen molar-refractivity contribution in [1.29, 1.82) is 0 Å². The Bertz CT molecular complexity index is 651. The predicted molar refractivity (Wildman–Crippen MR) is 86.3 cm³/mol. The maximum Gasteiger partial charge on any atom is 0.337 e. The molecule has 0 amide bonds. The molecule has 1 saturated heterocycles. The number of hydrogen-bond donors (Lipinski definition) is 1. The van der Waals surface area contributed by atoms with Gasteiger partial charge in [0.2, 0.25) is 10.0 Å². The van der Waals surface area contributed by atoms with Crippen LogP contribution in [0.25, 0.3) is 0 Å². The van der Waals surface area contributed by atoms with Crippen LogP contribution in [0.4, 0.5) is 0 Å². The summed E-state index contributed by atoms with van der Waals surface area (Å²) in [7, 11) is -2.46. The van der Waals surface area contributed by atoms with E-state index in [0.717, 1.165) is 0 Å². The van der Waals surface area contributed by atoms with Crippen LogP contribution in [0.5, 0.6) is 0 Å². The Hall–Kier alpha value is -0.860. The maximum absolute atomic E-state index is 12.7. The Morgan fingerprint density at radius 1 is 1.41 bits per heavy atom. The molecule has 1 unspecified atom stereocenters. The molecule has 1 aromatic rings. The zero-order valence-corrected chi connectivity index (χ0v) is 14.6. The predicted octanol–water partition coefficient (Wildman–Crippen LogP) is 1.53. The van der Waals surface area contributed by atoms with E-state index in [9.17, 15) is 13.2 Å². The van der Waals surface area contributed by atoms with Crippen molar-refractivity contribution in [3.05, 3.63) is 28.8 Å². The van der Waals surface area contributed by atoms with Crippen LogP contribution in [0.3, 0.4) is 0 Å². The molecule has 0 spiro atoms. The van der Waals surface area contributed by atoms with Gasteiger partial charge in [-0.15, -0.1) is 12.4 Å². The summed E-state index contributed by atoms with van der Waals surface area (Å²) in [5, 5.41) is 3.31. The summed E-state index contributed by atoms with van der Waals surface area (Å²) < 4.78 is 31.4. The van der Waals surface area contributed by atoms with E-state index >= 15 is 0 Å². The zero-order valence-electron chi connectivity index (χ0n) is 12.2. The molecule has 6 nitrogen and oxygen atoms in total. The van der Waals surface area contributed by atoms with Gasteiger partial charge in [-0.05, 0) is 25.1 Å². The third-order valence-electron chi connectivity index (χ3n) is 3.34. The average Bonchev–Trinajstić information content (AvgIpc) is 2.46. The number of esters is 1. The van der Waals surface area contributed by atoms with E-state index in [1.165, 1.54) is 29.6 Å². The molecule has 0 aromatic heterocycles. The molecule has 0 radical (unpaired) electrons. The number of hydrogen-bond acceptors (Lipinski definition) is 5. The Balaban J connectivity index is 0.00000242. The van der Waals surface area contributed by atoms with Crippen molar-refractivity contribution in [2.75, 3.05) is 26.7 Å². The fourth-order valence-electron chi connectivity index (χ4n) is 2.26. The molecule has 1 aliphatic heterocycles. The molecule has 1 heterocycles. The Labute approximate surface area is 141 Å². The van der Waals surface area contributed by atoms with Crippen molar-refractivity contribution >= 4 is 40.0 Å². The number of carbonyl (C=O) groups is 1. The van der Waals surface area contributed by atoms with Crippen molar-refractivity contribution < 1.29 is 17.9 Å². The minimum absolute atomic E-state index is 0. The third-order valence-corrected chi connectivity index (χ3v) is 5.55. The molecule has 1 atom stereocenters. The minimum atomic E-state index is -3.70. The number of benzene rings is 1. The van der Waals surface area contributed by atoms with Gasteiger partial charge in [-0.2, -0.15) is 4.31 Å². The molecular formula is C13H18Cl2N2O4S. The normalized spacial score (nSPS) is 19.3. The van der Waals surface area contributed by atoms with Crippen LogP contribution in [0, 0.1) is 0 Å². The number of nitrogens with zero attached hydrogens (tertiary/aromatic N) is 1. The first-order valence-electron chi connectivity index (χ1n) is 6.47. The number of sulfonamides is 1. The number of halogens is 2. The van der Waals surface area contributed by atoms with Gasteiger partial charge in [0.1, 0.15) is 0 Å². The lowest BCUT2D eigenvalue weighted by atomic mass is 10.2. The molecule has 1 aliphatic rings. The van der Waals surface area contributed by atoms with E-state index in [2.05, 4.69) is 10.1 Å². The van der Waals surface area contributed by atoms with Crippen LogP contribution in [0.15, 0.2) is 23.1 Å². The van der Waals surface area contributed by atoms with Crippen molar-refractivity contribution in [1.82, 2.24) is 9.62 Å². The largest absolute Gasteiger partial charge is 0.465 e. The number of nitrogens with one attached hydrogen (secondary N) is 1. The molecule has 1 N–H and O–H groups in total. The molecule has 0 aliphatic carbocycles. The lowest BCUT2D eigenvalue weighted by Crippen LogP contribution is -2.52. The first-order valence-corrected chi connectivity index (χ1v) is 8.29. The van der Waals surface area contributed by atoms with E-state index in [0.29, 0.717) is 19.6 Å². The molecule has 9 heteroatoms. The van der Waals surface area contributed by atoms with Gasteiger partial charge < -0.3 is 10.1 Å². The van der Waals surface area contributed by atoms with Gasteiger partial charge in [-0.1, -0.05) is 11.6 Å². The summed E-state index contributed by atoms with van der Waals surface area (Å²) in [5.74, 6) is -0.623. The minimum Gasteiger partial charge on any atom is -0.465 e. The fourth-order valence-corrected chi connectivity index (χ4v) is 4.26. The molecule has 1 fully saturated rings. The molecule has 0 bridgehead atoms. The highest BCUT2D eigenvalue weighted by Gasteiger charge is 2.31. The van der Waals surface area contributed by atoms with E-state index in [4.69, 9.17) is 11.6 Å². The summed E-state index contributed by atoms with van der Waals surface area (Å²) in [6.07, 6.45) is 0. The second kappa shape index (κ2) is 7.61. The number of methoxy groups -OCH3 is 1. The van der Waals surface area contributed by atoms with Gasteiger partial charge in [0.25, 0.3) is 0 Å². The summed E-state index contributed by atoms with van der Waals surface area (Å²) in [5.41, 5.74) is 0.117. The standard InChI is InChI=1S/C13H17ClN2O4S.ClH/c1-9-8-15-3-4-16(9)21(18,19)12-6-10(13(17)20-2)5-11(14)7-12;/h5-7,9,15H,3-4,8H2,1-2H3;1H. The van der Waals surface area contributed by atoms with E-state index in [1.807, 2.05) is 6.92 Å². The third kappa shape index (κ3) is 3.91. The van der Waals surface area contributed by atoms with Crippen LogP contribution < -0.4 is 5.32 Å². The topological polar surface area (TPSA) is 75.7 Å². The number of carbonyl (C=O) groups excluding carboxylic acids is 1. The van der Waals surface area contributed by atoms with Crippen molar-refractivity contribution in [3.63, 3.8) is 0 Å². The fraction of sp³-hybridized carbons (Fsp3) is 0.462. The van der Waals surface area contributed by atoms with Gasteiger partial charge in [0.05, 0.1) is 17.6 Å². The van der Waals surface area contributed by atoms with Crippen LogP contribution >= 0.6 is 24.0 Å². The highest BCUT2D eigenvalue weighted by molar-refractivity contribution is 7.89. The molecule has 2 rings (SSSR count). The lowest BCUT2D eigenvalue weighted by Gasteiger charge is -2.32. The first-order chi connectivity index (χ1) is 9.86. The van der Waals surface area contributed by atoms with Gasteiger partial charge in [0.15, 0.2) is 0 Å². The second-order valence-electron chi connectivity index (χ2n) is 4.84. The molecule has 22 heavy (non-hydrogen) atoms. The monoisotopic (exact) mass is 368 g/mol. The van der Waals surface area contributed by atoms with Gasteiger partial charge in [0, 0.05) is 30.7 Å². The van der Waals surface area contributed by atoms with Crippen molar-refractivity contribution in [2.24, 2.45) is 0 Å². The summed E-state index contributed by atoms with van der Waals surface area (Å²) in [6, 6.07) is 3.86. The molecule has 124 valence electrons. The summed E-state index contributed by atoms with van der Waals surface area (Å²) >= 11 is 5.93. The van der Waals surface area contributed by atoms with Crippen molar-refractivity contribution in [2.45, 2.75) is 17.9 Å². The Morgan fingerprint density at radius 3 is 2.68 bits per heavy atom. The summed E-state index contributed by atoms with van der Waals surface area (Å²) in [4.78, 5) is 11.6. The zero-order chi connectivity index (χ0) is 15.6. The molecule has 0 saturated carbocycles. The Kier molecular flexibility index (Phi) is 6.64. The van der Waals surface area contributed by atoms with Crippen LogP contribution in [-0.2, 0) is 14.8 Å². The SMILES string of the molecule is COC(=O)c1cc(Cl)cc(S(=O)(=O)N2CCNCC2C)c1.Cl. The van der Waals surface area contributed by atoms with Crippen LogP contribution in [0.2, 0.25) is 5.02 Å². The van der Waals surface area contributed by atoms with E-state index in [1.54, 1.807) is 0 Å².